The van der Waals surface area contributed by atoms with Crippen LogP contribution in [0.25, 0.3) is 22.1 Å². The van der Waals surface area contributed by atoms with Gasteiger partial charge in [0.1, 0.15) is 0 Å². The molecule has 3 aromatic rings. The number of likely N-dealkylation sites (N-methyl/N-ethyl adjacent to an activating group) is 1. The summed E-state index contributed by atoms with van der Waals surface area (Å²) in [5.41, 5.74) is 5.62. The van der Waals surface area contributed by atoms with Gasteiger partial charge >= 0.3 is 0 Å². The molecule has 34 heavy (non-hydrogen) atoms. The fraction of sp³-hybridized carbons (Fsp3) is 0.536. The zero-order valence-electron chi connectivity index (χ0n) is 21.1. The number of benzene rings is 2. The lowest BCUT2D eigenvalue weighted by Gasteiger charge is -2.24. The van der Waals surface area contributed by atoms with Crippen LogP contribution in [0.5, 0.6) is 0 Å². The van der Waals surface area contributed by atoms with Crippen molar-refractivity contribution in [3.63, 3.8) is 0 Å². The summed E-state index contributed by atoms with van der Waals surface area (Å²) in [5, 5.41) is 5.66. The van der Waals surface area contributed by atoms with E-state index >= 15 is 0 Å². The molecule has 0 N–H and O–H groups in total. The molecule has 1 aliphatic rings. The maximum Gasteiger partial charge on any atom is 0.172 e. The van der Waals surface area contributed by atoms with E-state index in [-0.39, 0.29) is 6.29 Å². The lowest BCUT2D eigenvalue weighted by molar-refractivity contribution is -0.0617. The summed E-state index contributed by atoms with van der Waals surface area (Å²) < 4.78 is 17.2. The smallest absolute Gasteiger partial charge is 0.172 e. The topological polar surface area (TPSA) is 51.0 Å². The highest BCUT2D eigenvalue weighted by atomic mass is 16.7. The van der Waals surface area contributed by atoms with Crippen LogP contribution in [0.2, 0.25) is 0 Å². The molecule has 0 bridgehead atoms. The monoisotopic (exact) mass is 465 g/mol. The molecule has 0 spiro atoms. The SMILES string of the molecule is CCN(CCC(C)CCc1noc2c(CN(C)C)c(-c3ccccc3)ccc12)CC1OCCO1. The molecule has 1 saturated heterocycles. The van der Waals surface area contributed by atoms with Crippen molar-refractivity contribution in [1.82, 2.24) is 15.0 Å². The van der Waals surface area contributed by atoms with Crippen LogP contribution >= 0.6 is 0 Å². The second-order valence-electron chi connectivity index (χ2n) is 9.70. The highest BCUT2D eigenvalue weighted by molar-refractivity contribution is 5.89. The number of hydrogen-bond donors (Lipinski definition) is 0. The van der Waals surface area contributed by atoms with Gasteiger partial charge in [0, 0.05) is 24.0 Å². The number of aryl methyl sites for hydroxylation is 1. The van der Waals surface area contributed by atoms with Gasteiger partial charge in [-0.3, -0.25) is 4.90 Å². The van der Waals surface area contributed by atoms with Crippen molar-refractivity contribution >= 4 is 11.0 Å². The number of rotatable bonds is 12. The predicted octanol–water partition coefficient (Wildman–Crippen LogP) is 5.21. The first-order chi connectivity index (χ1) is 16.5. The summed E-state index contributed by atoms with van der Waals surface area (Å²) in [5.74, 6) is 0.607. The maximum atomic E-state index is 5.95. The summed E-state index contributed by atoms with van der Waals surface area (Å²) >= 11 is 0. The number of aromatic nitrogens is 1. The molecule has 2 aromatic carbocycles. The predicted molar refractivity (Wildman–Crippen MR) is 137 cm³/mol. The van der Waals surface area contributed by atoms with Gasteiger partial charge in [0.15, 0.2) is 11.9 Å². The summed E-state index contributed by atoms with van der Waals surface area (Å²) in [6.45, 7) is 9.72. The van der Waals surface area contributed by atoms with E-state index in [2.05, 4.69) is 85.4 Å². The summed E-state index contributed by atoms with van der Waals surface area (Å²) in [6.07, 6.45) is 3.12. The third-order valence-electron chi connectivity index (χ3n) is 6.74. The highest BCUT2D eigenvalue weighted by Gasteiger charge is 2.20. The van der Waals surface area contributed by atoms with Crippen molar-refractivity contribution in [2.75, 3.05) is 46.9 Å². The molecule has 1 aromatic heterocycles. The van der Waals surface area contributed by atoms with Crippen molar-refractivity contribution in [3.05, 3.63) is 53.7 Å². The Morgan fingerprint density at radius 2 is 1.79 bits per heavy atom. The maximum absolute atomic E-state index is 5.95. The number of fused-ring (bicyclic) bond motifs is 1. The Labute approximate surface area is 203 Å². The molecular weight excluding hydrogens is 426 g/mol. The molecule has 1 aliphatic heterocycles. The van der Waals surface area contributed by atoms with E-state index in [0.717, 1.165) is 62.1 Å². The van der Waals surface area contributed by atoms with E-state index in [1.165, 1.54) is 16.7 Å². The number of nitrogens with zero attached hydrogens (tertiary/aromatic N) is 3. The molecule has 0 saturated carbocycles. The Morgan fingerprint density at radius 1 is 1.03 bits per heavy atom. The van der Waals surface area contributed by atoms with Gasteiger partial charge in [-0.25, -0.2) is 0 Å². The van der Waals surface area contributed by atoms with Crippen molar-refractivity contribution in [2.24, 2.45) is 5.92 Å². The van der Waals surface area contributed by atoms with Crippen molar-refractivity contribution in [3.8, 4) is 11.1 Å². The first-order valence-corrected chi connectivity index (χ1v) is 12.6. The average Bonchev–Trinajstić information content (AvgIpc) is 3.51. The largest absolute Gasteiger partial charge is 0.356 e. The van der Waals surface area contributed by atoms with E-state index in [1.54, 1.807) is 0 Å². The van der Waals surface area contributed by atoms with Crippen molar-refractivity contribution < 1.29 is 14.0 Å². The van der Waals surface area contributed by atoms with Crippen LogP contribution in [0.3, 0.4) is 0 Å². The molecule has 0 radical (unpaired) electrons. The zero-order valence-corrected chi connectivity index (χ0v) is 21.1. The van der Waals surface area contributed by atoms with Gasteiger partial charge in [-0.15, -0.1) is 0 Å². The van der Waals surface area contributed by atoms with E-state index in [9.17, 15) is 0 Å². The Morgan fingerprint density at radius 3 is 2.50 bits per heavy atom. The van der Waals surface area contributed by atoms with Gasteiger partial charge in [0.25, 0.3) is 0 Å². The van der Waals surface area contributed by atoms with Crippen molar-refractivity contribution in [2.45, 2.75) is 45.9 Å². The molecule has 0 amide bonds. The van der Waals surface area contributed by atoms with Gasteiger partial charge in [0.2, 0.25) is 0 Å². The van der Waals surface area contributed by atoms with E-state index in [1.807, 2.05) is 0 Å². The van der Waals surface area contributed by atoms with Crippen molar-refractivity contribution in [1.29, 1.82) is 0 Å². The van der Waals surface area contributed by atoms with Gasteiger partial charge in [-0.2, -0.15) is 0 Å². The molecule has 184 valence electrons. The quantitative estimate of drug-likeness (QED) is 0.366. The van der Waals surface area contributed by atoms with Crippen LogP contribution < -0.4 is 0 Å². The molecule has 1 fully saturated rings. The van der Waals surface area contributed by atoms with Crippen LogP contribution in [0.15, 0.2) is 47.0 Å². The lowest BCUT2D eigenvalue weighted by Crippen LogP contribution is -2.34. The minimum Gasteiger partial charge on any atom is -0.356 e. The summed E-state index contributed by atoms with van der Waals surface area (Å²) in [4.78, 5) is 4.61. The van der Waals surface area contributed by atoms with Crippen LogP contribution in [-0.2, 0) is 22.4 Å². The van der Waals surface area contributed by atoms with Gasteiger partial charge in [0.05, 0.1) is 18.9 Å². The Hall–Kier alpha value is -2.25. The Balaban J connectivity index is 1.41. The minimum atomic E-state index is -0.0612. The van der Waals surface area contributed by atoms with E-state index < -0.39 is 0 Å². The third-order valence-corrected chi connectivity index (χ3v) is 6.74. The normalized spacial score (nSPS) is 15.7. The Kier molecular flexibility index (Phi) is 8.73. The van der Waals surface area contributed by atoms with Gasteiger partial charge in [-0.1, -0.05) is 55.4 Å². The standard InChI is InChI=1S/C28H39N3O3/c1-5-31(20-27-32-17-18-33-27)16-15-21(2)11-14-26-24-13-12-23(22-9-7-6-8-10-22)25(19-30(3)4)28(24)34-29-26/h6-10,12-13,21,27H,5,11,14-20H2,1-4H3. The Bertz CT molecular complexity index is 1030. The van der Waals surface area contributed by atoms with Crippen LogP contribution in [0.4, 0.5) is 0 Å². The molecule has 4 rings (SSSR count). The molecule has 0 aliphatic carbocycles. The minimum absolute atomic E-state index is 0.0612. The van der Waals surface area contributed by atoms with E-state index in [4.69, 9.17) is 14.0 Å². The highest BCUT2D eigenvalue weighted by Crippen LogP contribution is 2.33. The van der Waals surface area contributed by atoms with Crippen LogP contribution in [0.1, 0.15) is 37.9 Å². The second kappa shape index (κ2) is 11.9. The molecule has 6 nitrogen and oxygen atoms in total. The van der Waals surface area contributed by atoms with Crippen LogP contribution in [-0.4, -0.2) is 68.2 Å². The average molecular weight is 466 g/mol. The molecule has 1 atom stereocenters. The van der Waals surface area contributed by atoms with Gasteiger partial charge in [-0.05, 0) is 69.6 Å². The first kappa shape index (κ1) is 24.9. The second-order valence-corrected chi connectivity index (χ2v) is 9.70. The molecule has 2 heterocycles. The fourth-order valence-corrected chi connectivity index (χ4v) is 4.68. The lowest BCUT2D eigenvalue weighted by atomic mass is 9.95. The third kappa shape index (κ3) is 6.25. The number of ether oxygens (including phenoxy) is 2. The molecule has 1 unspecified atom stereocenters. The van der Waals surface area contributed by atoms with Crippen LogP contribution in [0, 0.1) is 5.92 Å². The first-order valence-electron chi connectivity index (χ1n) is 12.6. The fourth-order valence-electron chi connectivity index (χ4n) is 4.68. The molecule has 6 heteroatoms. The van der Waals surface area contributed by atoms with E-state index in [0.29, 0.717) is 19.1 Å². The summed E-state index contributed by atoms with van der Waals surface area (Å²) in [6, 6.07) is 14.9. The molecular formula is C28H39N3O3. The summed E-state index contributed by atoms with van der Waals surface area (Å²) in [7, 11) is 4.19. The zero-order chi connectivity index (χ0) is 23.9. The van der Waals surface area contributed by atoms with Gasteiger partial charge < -0.3 is 18.9 Å². The number of hydrogen-bond acceptors (Lipinski definition) is 6.